The summed E-state index contributed by atoms with van der Waals surface area (Å²) in [7, 11) is 2.04. The van der Waals surface area contributed by atoms with Crippen LogP contribution in [0.5, 0.6) is 0 Å². The molecule has 1 fully saturated rings. The van der Waals surface area contributed by atoms with Crippen LogP contribution in [-0.2, 0) is 11.2 Å². The Bertz CT molecular complexity index is 809. The zero-order valence-electron chi connectivity index (χ0n) is 17.3. The lowest BCUT2D eigenvalue weighted by atomic mass is 10.0. The van der Waals surface area contributed by atoms with Crippen molar-refractivity contribution < 1.29 is 4.79 Å². The monoisotopic (exact) mass is 431 g/mol. The number of thioether (sulfide) groups is 1. The van der Waals surface area contributed by atoms with Crippen LogP contribution >= 0.6 is 24.2 Å². The van der Waals surface area contributed by atoms with Crippen LogP contribution in [0.1, 0.15) is 37.3 Å². The smallest absolute Gasteiger partial charge is 0.226 e. The summed E-state index contributed by atoms with van der Waals surface area (Å²) in [5.41, 5.74) is 3.44. The van der Waals surface area contributed by atoms with Gasteiger partial charge in [-0.25, -0.2) is 0 Å². The van der Waals surface area contributed by atoms with Crippen LogP contribution in [0.2, 0.25) is 0 Å². The number of rotatable bonds is 7. The molecule has 0 aromatic heterocycles. The van der Waals surface area contributed by atoms with E-state index < -0.39 is 0 Å². The highest BCUT2D eigenvalue weighted by molar-refractivity contribution is 8.14. The summed E-state index contributed by atoms with van der Waals surface area (Å²) in [5.74, 6) is 1.45. The summed E-state index contributed by atoms with van der Waals surface area (Å²) in [6.07, 6.45) is 1.42. The summed E-state index contributed by atoms with van der Waals surface area (Å²) in [6, 6.07) is 18.7. The molecule has 2 aromatic rings. The van der Waals surface area contributed by atoms with Crippen molar-refractivity contribution in [2.75, 3.05) is 24.7 Å². The quantitative estimate of drug-likeness (QED) is 0.654. The maximum atomic E-state index is 12.5. The lowest BCUT2D eigenvalue weighted by Crippen LogP contribution is -2.33. The molecule has 29 heavy (non-hydrogen) atoms. The fraction of sp³-hybridized carbons (Fsp3) is 0.391. The average molecular weight is 432 g/mol. The van der Waals surface area contributed by atoms with Gasteiger partial charge < -0.3 is 10.2 Å². The van der Waals surface area contributed by atoms with Gasteiger partial charge in [0.2, 0.25) is 5.91 Å². The second kappa shape index (κ2) is 11.3. The molecule has 0 spiro atoms. The molecule has 0 bridgehead atoms. The van der Waals surface area contributed by atoms with Crippen LogP contribution in [0.15, 0.2) is 59.6 Å². The zero-order chi connectivity index (χ0) is 19.9. The number of anilines is 1. The third kappa shape index (κ3) is 6.79. The van der Waals surface area contributed by atoms with Crippen molar-refractivity contribution in [3.63, 3.8) is 0 Å². The van der Waals surface area contributed by atoms with E-state index in [-0.39, 0.29) is 24.4 Å². The number of carbonyl (C=O) groups excluding carboxylic acids is 1. The van der Waals surface area contributed by atoms with E-state index in [2.05, 4.69) is 60.5 Å². The molecule has 1 N–H and O–H groups in total. The van der Waals surface area contributed by atoms with Gasteiger partial charge in [0.25, 0.3) is 0 Å². The topological polar surface area (TPSA) is 44.7 Å². The first-order chi connectivity index (χ1) is 13.5. The largest absolute Gasteiger partial charge is 0.350 e. The molecule has 0 radical (unpaired) electrons. The molecule has 2 aromatic carbocycles. The second-order valence-electron chi connectivity index (χ2n) is 7.50. The molecule has 0 aliphatic carbocycles. The number of halogens is 1. The maximum absolute atomic E-state index is 12.5. The van der Waals surface area contributed by atoms with Gasteiger partial charge in [-0.2, -0.15) is 0 Å². The van der Waals surface area contributed by atoms with Gasteiger partial charge in [-0.1, -0.05) is 68.1 Å². The Morgan fingerprint density at radius 2 is 1.86 bits per heavy atom. The van der Waals surface area contributed by atoms with Gasteiger partial charge in [-0.05, 0) is 35.6 Å². The predicted molar refractivity (Wildman–Crippen MR) is 127 cm³/mol. The van der Waals surface area contributed by atoms with Crippen molar-refractivity contribution in [2.45, 2.75) is 38.6 Å². The molecule has 1 aliphatic rings. The van der Waals surface area contributed by atoms with Crippen LogP contribution in [0.4, 0.5) is 5.69 Å². The van der Waals surface area contributed by atoms with Gasteiger partial charge >= 0.3 is 0 Å². The minimum atomic E-state index is 0. The molecule has 1 atom stereocenters. The molecule has 1 aliphatic heterocycles. The highest BCUT2D eigenvalue weighted by Crippen LogP contribution is 2.25. The SMILES string of the molecule is CC(C)c1ccc(NC(=O)CC2CS/C(=N\CCc3ccccc3)N2C)cc1.Cl. The van der Waals surface area contributed by atoms with Gasteiger partial charge in [-0.15, -0.1) is 12.4 Å². The maximum Gasteiger partial charge on any atom is 0.226 e. The van der Waals surface area contributed by atoms with E-state index in [0.29, 0.717) is 12.3 Å². The van der Waals surface area contributed by atoms with Crippen molar-refractivity contribution in [3.05, 3.63) is 65.7 Å². The van der Waals surface area contributed by atoms with Crippen LogP contribution in [0.3, 0.4) is 0 Å². The van der Waals surface area contributed by atoms with Crippen LogP contribution in [-0.4, -0.2) is 41.4 Å². The van der Waals surface area contributed by atoms with Crippen molar-refractivity contribution in [1.82, 2.24) is 4.90 Å². The van der Waals surface area contributed by atoms with E-state index in [1.165, 1.54) is 11.1 Å². The third-order valence-electron chi connectivity index (χ3n) is 5.03. The number of benzene rings is 2. The van der Waals surface area contributed by atoms with Crippen LogP contribution in [0, 0.1) is 0 Å². The van der Waals surface area contributed by atoms with E-state index in [9.17, 15) is 4.79 Å². The Labute approximate surface area is 184 Å². The zero-order valence-corrected chi connectivity index (χ0v) is 18.9. The molecule has 6 heteroatoms. The molecule has 3 rings (SSSR count). The molecule has 0 saturated carbocycles. The van der Waals surface area contributed by atoms with Gasteiger partial charge in [0.1, 0.15) is 0 Å². The second-order valence-corrected chi connectivity index (χ2v) is 8.49. The van der Waals surface area contributed by atoms with E-state index >= 15 is 0 Å². The Balaban J connectivity index is 0.00000300. The molecule has 156 valence electrons. The van der Waals surface area contributed by atoms with Gasteiger partial charge in [-0.3, -0.25) is 9.79 Å². The summed E-state index contributed by atoms with van der Waals surface area (Å²) in [5, 5.41) is 4.06. The number of aliphatic imine (C=N–C) groups is 1. The van der Waals surface area contributed by atoms with Gasteiger partial charge in [0.05, 0.1) is 0 Å². The van der Waals surface area contributed by atoms with E-state index in [1.54, 1.807) is 11.8 Å². The van der Waals surface area contributed by atoms with E-state index in [0.717, 1.165) is 29.6 Å². The van der Waals surface area contributed by atoms with E-state index in [4.69, 9.17) is 4.99 Å². The minimum absolute atomic E-state index is 0. The Morgan fingerprint density at radius 1 is 1.17 bits per heavy atom. The number of hydrogen-bond acceptors (Lipinski definition) is 3. The molecule has 1 saturated heterocycles. The molecule has 1 unspecified atom stereocenters. The average Bonchev–Trinajstić information content (AvgIpc) is 3.03. The van der Waals surface area contributed by atoms with E-state index in [1.807, 2.05) is 25.2 Å². The standard InChI is InChI=1S/C23H29N3OS.ClH/c1-17(2)19-9-11-20(12-10-19)25-22(27)15-21-16-28-23(26(21)3)24-14-13-18-7-5-4-6-8-18;/h4-12,17,21H,13-16H2,1-3H3,(H,25,27);1H/b24-23-;. The molecule has 1 amide bonds. The molecular formula is C23H30ClN3OS. The normalized spacial score (nSPS) is 17.4. The number of amidine groups is 1. The first-order valence-corrected chi connectivity index (χ1v) is 10.9. The molecule has 1 heterocycles. The summed E-state index contributed by atoms with van der Waals surface area (Å²) >= 11 is 1.74. The lowest BCUT2D eigenvalue weighted by molar-refractivity contribution is -0.116. The third-order valence-corrected chi connectivity index (χ3v) is 6.25. The fourth-order valence-corrected chi connectivity index (χ4v) is 4.41. The highest BCUT2D eigenvalue weighted by atomic mass is 35.5. The first kappa shape index (κ1) is 23.3. The predicted octanol–water partition coefficient (Wildman–Crippen LogP) is 5.21. The Hall–Kier alpha value is -1.98. The van der Waals surface area contributed by atoms with Crippen molar-refractivity contribution >= 4 is 40.9 Å². The summed E-state index contributed by atoms with van der Waals surface area (Å²) in [4.78, 5) is 19.3. The number of amides is 1. The Morgan fingerprint density at radius 3 is 2.52 bits per heavy atom. The van der Waals surface area contributed by atoms with Crippen molar-refractivity contribution in [3.8, 4) is 0 Å². The fourth-order valence-electron chi connectivity index (χ4n) is 3.20. The number of nitrogens with zero attached hydrogens (tertiary/aromatic N) is 2. The minimum Gasteiger partial charge on any atom is -0.350 e. The highest BCUT2D eigenvalue weighted by Gasteiger charge is 2.28. The first-order valence-electron chi connectivity index (χ1n) is 9.86. The number of carbonyl (C=O) groups is 1. The molecular weight excluding hydrogens is 402 g/mol. The molecule has 4 nitrogen and oxygen atoms in total. The van der Waals surface area contributed by atoms with Gasteiger partial charge in [0.15, 0.2) is 5.17 Å². The lowest BCUT2D eigenvalue weighted by Gasteiger charge is -2.20. The Kier molecular flexibility index (Phi) is 9.05. The summed E-state index contributed by atoms with van der Waals surface area (Å²) in [6.45, 7) is 5.11. The summed E-state index contributed by atoms with van der Waals surface area (Å²) < 4.78 is 0. The van der Waals surface area contributed by atoms with Crippen LogP contribution < -0.4 is 5.32 Å². The number of hydrogen-bond donors (Lipinski definition) is 1. The van der Waals surface area contributed by atoms with Crippen LogP contribution in [0.25, 0.3) is 0 Å². The number of nitrogens with one attached hydrogen (secondary N) is 1. The van der Waals surface area contributed by atoms with Crippen molar-refractivity contribution in [2.24, 2.45) is 4.99 Å². The van der Waals surface area contributed by atoms with Crippen molar-refractivity contribution in [1.29, 1.82) is 0 Å². The van der Waals surface area contributed by atoms with Gasteiger partial charge in [0, 0.05) is 37.5 Å².